The smallest absolute Gasteiger partial charge is 0.407 e. The zero-order chi connectivity index (χ0) is 14.0. The summed E-state index contributed by atoms with van der Waals surface area (Å²) in [4.78, 5) is 11.6. The van der Waals surface area contributed by atoms with Crippen molar-refractivity contribution in [1.82, 2.24) is 5.32 Å². The lowest BCUT2D eigenvalue weighted by Gasteiger charge is -2.23. The first-order valence-electron chi connectivity index (χ1n) is 7.38. The third kappa shape index (κ3) is 10.4. The number of hydrogen-bond acceptors (Lipinski definition) is 2. The van der Waals surface area contributed by atoms with Crippen molar-refractivity contribution in [1.29, 1.82) is 0 Å². The summed E-state index contributed by atoms with van der Waals surface area (Å²) in [6.07, 6.45) is 8.08. The lowest BCUT2D eigenvalue weighted by atomic mass is 10.0. The predicted octanol–water partition coefficient (Wildman–Crippen LogP) is 4.65. The van der Waals surface area contributed by atoms with Gasteiger partial charge in [-0.15, -0.1) is 0 Å². The summed E-state index contributed by atoms with van der Waals surface area (Å²) in [6.45, 7) is 9.99. The summed E-state index contributed by atoms with van der Waals surface area (Å²) in [7, 11) is 0. The second kappa shape index (κ2) is 9.23. The first-order chi connectivity index (χ1) is 8.39. The van der Waals surface area contributed by atoms with E-state index in [0.29, 0.717) is 0 Å². The lowest BCUT2D eigenvalue weighted by molar-refractivity contribution is 0.0500. The monoisotopic (exact) mass is 257 g/mol. The zero-order valence-electron chi connectivity index (χ0n) is 12.8. The molecule has 0 rings (SSSR count). The second-order valence-corrected chi connectivity index (χ2v) is 5.95. The van der Waals surface area contributed by atoms with E-state index in [0.717, 1.165) is 12.8 Å². The van der Waals surface area contributed by atoms with Gasteiger partial charge in [0.1, 0.15) is 5.60 Å². The molecule has 0 aromatic rings. The predicted molar refractivity (Wildman–Crippen MR) is 76.8 cm³/mol. The molecule has 0 fully saturated rings. The van der Waals surface area contributed by atoms with Crippen LogP contribution in [0.3, 0.4) is 0 Å². The molecular formula is C15H31NO2. The number of amides is 1. The Morgan fingerprint density at radius 1 is 1.11 bits per heavy atom. The van der Waals surface area contributed by atoms with Gasteiger partial charge in [0.15, 0.2) is 0 Å². The maximum Gasteiger partial charge on any atom is 0.407 e. The molecule has 1 amide bonds. The van der Waals surface area contributed by atoms with E-state index in [-0.39, 0.29) is 12.1 Å². The highest BCUT2D eigenvalue weighted by molar-refractivity contribution is 5.68. The van der Waals surface area contributed by atoms with Gasteiger partial charge in [-0.2, -0.15) is 0 Å². The number of nitrogens with one attached hydrogen (secondary N) is 1. The van der Waals surface area contributed by atoms with Gasteiger partial charge in [-0.1, -0.05) is 46.0 Å². The number of unbranched alkanes of at least 4 members (excludes halogenated alkanes) is 4. The van der Waals surface area contributed by atoms with Crippen LogP contribution in [-0.4, -0.2) is 17.7 Å². The van der Waals surface area contributed by atoms with Gasteiger partial charge in [-0.25, -0.2) is 4.79 Å². The van der Waals surface area contributed by atoms with Crippen LogP contribution in [0.15, 0.2) is 0 Å². The van der Waals surface area contributed by atoms with Crippen molar-refractivity contribution in [3.05, 3.63) is 0 Å². The molecule has 0 saturated heterocycles. The van der Waals surface area contributed by atoms with Gasteiger partial charge in [0, 0.05) is 6.04 Å². The van der Waals surface area contributed by atoms with E-state index in [1.165, 1.54) is 32.1 Å². The quantitative estimate of drug-likeness (QED) is 0.643. The first-order valence-corrected chi connectivity index (χ1v) is 7.38. The molecule has 0 aromatic heterocycles. The summed E-state index contributed by atoms with van der Waals surface area (Å²) in [6, 6.07) is 0.251. The molecule has 3 heteroatoms. The molecule has 0 heterocycles. The van der Waals surface area contributed by atoms with Crippen LogP contribution >= 0.6 is 0 Å². The molecule has 0 bridgehead atoms. The Hall–Kier alpha value is -0.730. The highest BCUT2D eigenvalue weighted by Gasteiger charge is 2.18. The van der Waals surface area contributed by atoms with Crippen LogP contribution in [0.5, 0.6) is 0 Å². The van der Waals surface area contributed by atoms with E-state index in [9.17, 15) is 4.79 Å². The van der Waals surface area contributed by atoms with Gasteiger partial charge in [-0.3, -0.25) is 0 Å². The van der Waals surface area contributed by atoms with Gasteiger partial charge in [0.2, 0.25) is 0 Å². The molecule has 1 N–H and O–H groups in total. The zero-order valence-corrected chi connectivity index (χ0v) is 12.8. The van der Waals surface area contributed by atoms with E-state index in [1.807, 2.05) is 20.8 Å². The van der Waals surface area contributed by atoms with E-state index in [4.69, 9.17) is 4.74 Å². The molecule has 0 aliphatic carbocycles. The van der Waals surface area contributed by atoms with Crippen LogP contribution in [0.1, 0.15) is 79.6 Å². The lowest BCUT2D eigenvalue weighted by Crippen LogP contribution is -2.38. The van der Waals surface area contributed by atoms with Gasteiger partial charge < -0.3 is 10.1 Å². The number of ether oxygens (including phenoxy) is 1. The minimum absolute atomic E-state index is 0.251. The largest absolute Gasteiger partial charge is 0.444 e. The molecule has 0 aliphatic rings. The SMILES string of the molecule is CCCCCCCC(CC)NC(=O)OC(C)(C)C. The Balaban J connectivity index is 3.79. The summed E-state index contributed by atoms with van der Waals surface area (Å²) < 4.78 is 5.26. The molecule has 0 radical (unpaired) electrons. The van der Waals surface area contributed by atoms with Crippen molar-refractivity contribution in [3.63, 3.8) is 0 Å². The van der Waals surface area contributed by atoms with Crippen molar-refractivity contribution < 1.29 is 9.53 Å². The Labute approximate surface area is 113 Å². The highest BCUT2D eigenvalue weighted by atomic mass is 16.6. The average molecular weight is 257 g/mol. The van der Waals surface area contributed by atoms with Gasteiger partial charge in [0.25, 0.3) is 0 Å². The normalized spacial score (nSPS) is 13.2. The minimum atomic E-state index is -0.413. The van der Waals surface area contributed by atoms with Gasteiger partial charge in [0.05, 0.1) is 0 Å². The Morgan fingerprint density at radius 3 is 2.22 bits per heavy atom. The van der Waals surface area contributed by atoms with Crippen LogP contribution in [0.4, 0.5) is 4.79 Å². The van der Waals surface area contributed by atoms with E-state index >= 15 is 0 Å². The third-order valence-electron chi connectivity index (χ3n) is 2.87. The van der Waals surface area contributed by atoms with Gasteiger partial charge in [-0.05, 0) is 33.6 Å². The molecule has 0 saturated carbocycles. The fourth-order valence-corrected chi connectivity index (χ4v) is 1.85. The summed E-state index contributed by atoms with van der Waals surface area (Å²) >= 11 is 0. The molecule has 0 aromatic carbocycles. The summed E-state index contributed by atoms with van der Waals surface area (Å²) in [5.41, 5.74) is -0.413. The van der Waals surface area contributed by atoms with Crippen molar-refractivity contribution in [3.8, 4) is 0 Å². The van der Waals surface area contributed by atoms with Crippen LogP contribution in [0, 0.1) is 0 Å². The van der Waals surface area contributed by atoms with Crippen LogP contribution in [0.2, 0.25) is 0 Å². The summed E-state index contributed by atoms with van der Waals surface area (Å²) in [5.74, 6) is 0. The highest BCUT2D eigenvalue weighted by Crippen LogP contribution is 2.11. The molecule has 0 spiro atoms. The van der Waals surface area contributed by atoms with E-state index < -0.39 is 5.60 Å². The molecule has 1 unspecified atom stereocenters. The average Bonchev–Trinajstić information content (AvgIpc) is 2.24. The Bertz CT molecular complexity index is 221. The maximum atomic E-state index is 11.6. The van der Waals surface area contributed by atoms with Crippen LogP contribution < -0.4 is 5.32 Å². The first kappa shape index (κ1) is 17.3. The number of hydrogen-bond donors (Lipinski definition) is 1. The van der Waals surface area contributed by atoms with E-state index in [1.54, 1.807) is 0 Å². The third-order valence-corrected chi connectivity index (χ3v) is 2.87. The fourth-order valence-electron chi connectivity index (χ4n) is 1.85. The second-order valence-electron chi connectivity index (χ2n) is 5.95. The Kier molecular flexibility index (Phi) is 8.86. The van der Waals surface area contributed by atoms with Crippen molar-refractivity contribution in [2.24, 2.45) is 0 Å². The number of carbonyl (C=O) groups excluding carboxylic acids is 1. The fraction of sp³-hybridized carbons (Fsp3) is 0.933. The van der Waals surface area contributed by atoms with Crippen molar-refractivity contribution >= 4 is 6.09 Å². The Morgan fingerprint density at radius 2 is 1.72 bits per heavy atom. The van der Waals surface area contributed by atoms with Crippen molar-refractivity contribution in [2.45, 2.75) is 91.2 Å². The summed E-state index contributed by atoms with van der Waals surface area (Å²) in [5, 5.41) is 2.95. The molecule has 3 nitrogen and oxygen atoms in total. The van der Waals surface area contributed by atoms with E-state index in [2.05, 4.69) is 19.2 Å². The molecule has 1 atom stereocenters. The molecule has 108 valence electrons. The molecule has 18 heavy (non-hydrogen) atoms. The van der Waals surface area contributed by atoms with Crippen LogP contribution in [0.25, 0.3) is 0 Å². The van der Waals surface area contributed by atoms with Crippen molar-refractivity contribution in [2.75, 3.05) is 0 Å². The van der Waals surface area contributed by atoms with Gasteiger partial charge >= 0.3 is 6.09 Å². The number of carbonyl (C=O) groups is 1. The van der Waals surface area contributed by atoms with Crippen LogP contribution in [-0.2, 0) is 4.74 Å². The minimum Gasteiger partial charge on any atom is -0.444 e. The standard InChI is InChI=1S/C15H31NO2/c1-6-8-9-10-11-12-13(7-2)16-14(17)18-15(3,4)5/h13H,6-12H2,1-5H3,(H,16,17). The maximum absolute atomic E-state index is 11.6. The molecular weight excluding hydrogens is 226 g/mol. The molecule has 0 aliphatic heterocycles. The number of rotatable bonds is 8. The number of alkyl carbamates (subject to hydrolysis) is 1. The topological polar surface area (TPSA) is 38.3 Å².